The van der Waals surface area contributed by atoms with E-state index >= 15 is 0 Å². The van der Waals surface area contributed by atoms with E-state index in [9.17, 15) is 70.4 Å². The molecule has 0 atom stereocenters. The zero-order chi connectivity index (χ0) is 47.7. The first-order chi connectivity index (χ1) is 30.2. The Morgan fingerprint density at radius 2 is 1.29 bits per heavy atom. The molecule has 65 heavy (non-hydrogen) atoms. The van der Waals surface area contributed by atoms with E-state index in [1.807, 2.05) is 0 Å². The molecule has 0 fully saturated rings. The average Bonchev–Trinajstić information content (AvgIpc) is 3.17. The Hall–Kier alpha value is -6.37. The number of azo groups is 2. The molecule has 0 amide bonds. The summed E-state index contributed by atoms with van der Waals surface area (Å²) in [7, 11) is -24.6. The molecule has 1 aliphatic rings. The fourth-order valence-corrected chi connectivity index (χ4v) is 8.89. The molecule has 0 unspecified atom stereocenters. The van der Waals surface area contributed by atoms with Gasteiger partial charge in [-0.15, -0.1) is 20.5 Å². The molecule has 0 saturated carbocycles. The number of nitrogens with one attached hydrogen (secondary N) is 2. The predicted octanol–water partition coefficient (Wildman–Crippen LogP) is 3.31. The molecule has 28 nitrogen and oxygen atoms in total. The molecule has 8 N–H and O–H groups in total. The van der Waals surface area contributed by atoms with Crippen LogP contribution < -0.4 is 20.1 Å². The number of phenolic OH excluding ortho intramolecular Hbond substituents is 2. The molecule has 34 heteroatoms. The number of aromatic nitrogens is 3. The summed E-state index contributed by atoms with van der Waals surface area (Å²) >= 11 is 0. The number of fused-ring (bicyclic) bond motifs is 2. The lowest BCUT2D eigenvalue weighted by atomic mass is 10.1. The average molecular weight is 1010 g/mol. The zero-order valence-corrected chi connectivity index (χ0v) is 36.0. The molecule has 0 radical (unpaired) electrons. The van der Waals surface area contributed by atoms with E-state index in [1.54, 1.807) is 0 Å². The lowest BCUT2D eigenvalue weighted by molar-refractivity contribution is 0.172. The van der Waals surface area contributed by atoms with Crippen LogP contribution in [0.25, 0.3) is 10.8 Å². The van der Waals surface area contributed by atoms with E-state index < -0.39 is 142 Å². The number of anilines is 3. The molecule has 5 aromatic rings. The Morgan fingerprint density at radius 1 is 0.677 bits per heavy atom. The van der Waals surface area contributed by atoms with Crippen molar-refractivity contribution in [2.24, 2.45) is 20.5 Å². The summed E-state index contributed by atoms with van der Waals surface area (Å²) in [5, 5.41) is 40.5. The third kappa shape index (κ3) is 12.1. The van der Waals surface area contributed by atoms with Gasteiger partial charge in [-0.1, -0.05) is 0 Å². The SMILES string of the molecule is O=S(=O)(CCNc1nc(F)nc(Nc2ccc3c(O)c(N=Nc4cc5c(cc4N=Nc4ccc(S(=O)(=O)O)cc4O)OCCO5)c(S(=O)(=O)O)cc3c2S(=O)(=O)O)n1)CCOS(=O)(=O)O. The molecular formula is C31H28FN9O19S5. The van der Waals surface area contributed by atoms with Crippen LogP contribution in [0.2, 0.25) is 0 Å². The number of ether oxygens (including phenoxy) is 2. The monoisotopic (exact) mass is 1010 g/mol. The van der Waals surface area contributed by atoms with Crippen molar-refractivity contribution in [3.63, 3.8) is 0 Å². The van der Waals surface area contributed by atoms with Gasteiger partial charge in [-0.3, -0.25) is 18.2 Å². The van der Waals surface area contributed by atoms with Gasteiger partial charge in [0.15, 0.2) is 27.1 Å². The Balaban J connectivity index is 1.37. The number of sulfone groups is 1. The van der Waals surface area contributed by atoms with Gasteiger partial charge in [-0.25, -0.2) is 12.6 Å². The molecule has 1 aliphatic heterocycles. The van der Waals surface area contributed by atoms with Crippen LogP contribution in [-0.2, 0) is 54.8 Å². The molecule has 348 valence electrons. The minimum Gasteiger partial charge on any atom is -0.506 e. The largest absolute Gasteiger partial charge is 0.506 e. The van der Waals surface area contributed by atoms with Crippen LogP contribution in [0.5, 0.6) is 23.0 Å². The van der Waals surface area contributed by atoms with Crippen LogP contribution in [0.1, 0.15) is 0 Å². The van der Waals surface area contributed by atoms with Gasteiger partial charge in [-0.05, 0) is 30.3 Å². The number of hydrogen-bond acceptors (Lipinski definition) is 24. The van der Waals surface area contributed by atoms with Crippen molar-refractivity contribution in [1.82, 2.24) is 15.0 Å². The highest BCUT2D eigenvalue weighted by atomic mass is 32.3. The maximum absolute atomic E-state index is 14.5. The van der Waals surface area contributed by atoms with Crippen molar-refractivity contribution in [3.8, 4) is 23.0 Å². The molecule has 4 aromatic carbocycles. The van der Waals surface area contributed by atoms with Crippen molar-refractivity contribution in [3.05, 3.63) is 54.6 Å². The third-order valence-electron chi connectivity index (χ3n) is 8.30. The van der Waals surface area contributed by atoms with Gasteiger partial charge in [0.2, 0.25) is 11.9 Å². The zero-order valence-electron chi connectivity index (χ0n) is 31.9. The summed E-state index contributed by atoms with van der Waals surface area (Å²) in [6.45, 7) is -1.27. The van der Waals surface area contributed by atoms with Gasteiger partial charge in [0.25, 0.3) is 30.4 Å². The van der Waals surface area contributed by atoms with E-state index in [0.717, 1.165) is 24.3 Å². The highest BCUT2D eigenvalue weighted by molar-refractivity contribution is 7.91. The second-order valence-electron chi connectivity index (χ2n) is 12.8. The second-order valence-corrected chi connectivity index (χ2v) is 20.3. The topological polar surface area (TPSA) is 432 Å². The number of halogens is 1. The predicted molar refractivity (Wildman–Crippen MR) is 217 cm³/mol. The number of benzene rings is 4. The molecule has 0 saturated heterocycles. The summed E-state index contributed by atoms with van der Waals surface area (Å²) in [5.74, 6) is -4.69. The Morgan fingerprint density at radius 3 is 1.88 bits per heavy atom. The minimum atomic E-state index is -5.48. The quantitative estimate of drug-likeness (QED) is 0.0489. The molecule has 2 heterocycles. The number of hydrogen-bond donors (Lipinski definition) is 8. The van der Waals surface area contributed by atoms with Crippen molar-refractivity contribution in [2.75, 3.05) is 48.5 Å². The third-order valence-corrected chi connectivity index (χ3v) is 13.1. The van der Waals surface area contributed by atoms with Gasteiger partial charge in [0.05, 0.1) is 28.7 Å². The Bertz CT molecular complexity index is 3380. The summed E-state index contributed by atoms with van der Waals surface area (Å²) in [4.78, 5) is 7.34. The molecular weight excluding hydrogens is 982 g/mol. The van der Waals surface area contributed by atoms with E-state index in [1.165, 1.54) is 12.1 Å². The van der Waals surface area contributed by atoms with Crippen molar-refractivity contribution >= 4 is 102 Å². The molecule has 0 spiro atoms. The van der Waals surface area contributed by atoms with Gasteiger partial charge in [-0.2, -0.15) is 53.0 Å². The number of rotatable bonds is 17. The Kier molecular flexibility index (Phi) is 13.5. The highest BCUT2D eigenvalue weighted by Crippen LogP contribution is 2.47. The highest BCUT2D eigenvalue weighted by Gasteiger charge is 2.29. The van der Waals surface area contributed by atoms with Crippen LogP contribution in [0.4, 0.5) is 44.7 Å². The maximum Gasteiger partial charge on any atom is 0.397 e. The van der Waals surface area contributed by atoms with Crippen molar-refractivity contribution in [1.29, 1.82) is 0 Å². The normalized spacial score (nSPS) is 13.7. The van der Waals surface area contributed by atoms with E-state index in [0.29, 0.717) is 12.1 Å². The van der Waals surface area contributed by atoms with Gasteiger partial charge < -0.3 is 30.3 Å². The Labute approximate surface area is 365 Å². The lowest BCUT2D eigenvalue weighted by Gasteiger charge is -2.19. The second kappa shape index (κ2) is 18.3. The fraction of sp³-hybridized carbons (Fsp3) is 0.194. The molecule has 1 aromatic heterocycles. The minimum absolute atomic E-state index is 0.0657. The van der Waals surface area contributed by atoms with Gasteiger partial charge >= 0.3 is 16.5 Å². The first-order valence-corrected chi connectivity index (χ1v) is 24.8. The standard InChI is InChI=1S/C31H28FN9O19S5/c32-29-35-30(33-5-9-61(44,45)10-8-60-65(55,56)57)37-31(36-29)34-19-4-2-16-17(28(19)64(52,53)54)12-25(63(49,50)51)26(27(16)43)41-40-21-14-24-23(58-6-7-59-24)13-20(21)39-38-18-3-1-15(11-22(18)42)62(46,47)48/h1-4,11-14,42-43H,5-10H2,(H,46,47,48)(H,49,50,51)(H,52,53,54)(H,55,56,57)(H2,33,34,35,36,37). The summed E-state index contributed by atoms with van der Waals surface area (Å²) in [6.07, 6.45) is -1.51. The number of nitrogens with zero attached hydrogens (tertiary/aromatic N) is 7. The summed E-state index contributed by atoms with van der Waals surface area (Å²) in [5.41, 5.74) is -2.51. The molecule has 0 bridgehead atoms. The van der Waals surface area contributed by atoms with E-state index in [2.05, 4.69) is 50.2 Å². The van der Waals surface area contributed by atoms with E-state index in [-0.39, 0.29) is 41.8 Å². The van der Waals surface area contributed by atoms with Gasteiger partial charge in [0, 0.05) is 35.5 Å². The van der Waals surface area contributed by atoms with Crippen LogP contribution in [-0.4, -0.2) is 123 Å². The van der Waals surface area contributed by atoms with Crippen molar-refractivity contribution < 1.29 is 88.6 Å². The first kappa shape index (κ1) is 48.1. The van der Waals surface area contributed by atoms with Crippen LogP contribution in [0.3, 0.4) is 0 Å². The van der Waals surface area contributed by atoms with Crippen LogP contribution in [0, 0.1) is 6.08 Å². The van der Waals surface area contributed by atoms with E-state index in [4.69, 9.17) is 14.0 Å². The fourth-order valence-electron chi connectivity index (χ4n) is 5.54. The first-order valence-electron chi connectivity index (χ1n) is 17.3. The summed E-state index contributed by atoms with van der Waals surface area (Å²) in [6, 6.07) is 7.33. The molecule has 0 aliphatic carbocycles. The maximum atomic E-state index is 14.5. The summed E-state index contributed by atoms with van der Waals surface area (Å²) < 4.78 is 188. The van der Waals surface area contributed by atoms with Crippen molar-refractivity contribution in [2.45, 2.75) is 14.7 Å². The smallest absolute Gasteiger partial charge is 0.397 e. The van der Waals surface area contributed by atoms with Gasteiger partial charge in [0.1, 0.15) is 51.5 Å². The van der Waals surface area contributed by atoms with Crippen LogP contribution >= 0.6 is 0 Å². The van der Waals surface area contributed by atoms with Crippen LogP contribution in [0.15, 0.2) is 83.7 Å². The number of phenols is 2. The molecule has 6 rings (SSSR count). The lowest BCUT2D eigenvalue weighted by Crippen LogP contribution is -2.23. The number of aromatic hydroxyl groups is 2.